The Morgan fingerprint density at radius 3 is 2.58 bits per heavy atom. The number of nitrogens with one attached hydrogen (secondary N) is 1. The first kappa shape index (κ1) is 23.3. The number of rotatable bonds is 9. The fraction of sp³-hybridized carbons (Fsp3) is 0.625. The maximum atomic E-state index is 13.4. The number of ether oxygens (including phenoxy) is 1. The Bertz CT molecular complexity index is 768. The molecule has 7 nitrogen and oxygen atoms in total. The summed E-state index contributed by atoms with van der Waals surface area (Å²) in [7, 11) is 0. The van der Waals surface area contributed by atoms with Crippen LogP contribution < -0.4 is 5.32 Å². The minimum atomic E-state index is -0.944. The molecule has 1 heterocycles. The molecule has 1 aliphatic carbocycles. The molecule has 0 spiro atoms. The highest BCUT2D eigenvalue weighted by atomic mass is 16.5. The number of likely N-dealkylation sites (tertiary alicyclic amines) is 1. The van der Waals surface area contributed by atoms with E-state index in [9.17, 15) is 19.5 Å². The van der Waals surface area contributed by atoms with E-state index >= 15 is 0 Å². The molecule has 170 valence electrons. The number of carbonyl (C=O) groups is 3. The van der Waals surface area contributed by atoms with E-state index in [2.05, 4.69) is 5.32 Å². The molecule has 1 aromatic carbocycles. The van der Waals surface area contributed by atoms with Gasteiger partial charge >= 0.3 is 11.9 Å². The number of fused-ring (bicyclic) bond motifs is 1. The second-order valence-corrected chi connectivity index (χ2v) is 8.66. The number of carboxylic acid groups (broad SMARTS) is 1. The SMILES string of the molecule is CCOC(=O)[C@@H](CCc1ccccc1)N[C@H](C)C(=O)N1[C@H](C(=O)O)C[C@H]2CCCC[C@@H]21. The van der Waals surface area contributed by atoms with Crippen molar-refractivity contribution in [2.45, 2.75) is 83.0 Å². The Hall–Kier alpha value is -2.41. The molecule has 0 aromatic heterocycles. The highest BCUT2D eigenvalue weighted by molar-refractivity contribution is 5.88. The van der Waals surface area contributed by atoms with Crippen LogP contribution in [-0.4, -0.2) is 58.6 Å². The molecule has 0 unspecified atom stereocenters. The van der Waals surface area contributed by atoms with Crippen LogP contribution >= 0.6 is 0 Å². The lowest BCUT2D eigenvalue weighted by molar-refractivity contribution is -0.152. The van der Waals surface area contributed by atoms with Gasteiger partial charge in [0, 0.05) is 6.04 Å². The maximum Gasteiger partial charge on any atom is 0.326 e. The number of amides is 1. The molecule has 0 bridgehead atoms. The minimum Gasteiger partial charge on any atom is -0.480 e. The first-order valence-electron chi connectivity index (χ1n) is 11.4. The summed E-state index contributed by atoms with van der Waals surface area (Å²) in [5.74, 6) is -1.31. The lowest BCUT2D eigenvalue weighted by Gasteiger charge is -2.35. The van der Waals surface area contributed by atoms with Crippen LogP contribution in [0.5, 0.6) is 0 Å². The van der Waals surface area contributed by atoms with Crippen molar-refractivity contribution in [3.05, 3.63) is 35.9 Å². The van der Waals surface area contributed by atoms with Crippen molar-refractivity contribution < 1.29 is 24.2 Å². The van der Waals surface area contributed by atoms with Crippen molar-refractivity contribution in [2.75, 3.05) is 6.61 Å². The van der Waals surface area contributed by atoms with Gasteiger partial charge in [0.05, 0.1) is 12.6 Å². The molecule has 1 aliphatic heterocycles. The van der Waals surface area contributed by atoms with Gasteiger partial charge in [0.1, 0.15) is 12.1 Å². The van der Waals surface area contributed by atoms with Crippen LogP contribution in [0.1, 0.15) is 57.9 Å². The predicted molar refractivity (Wildman–Crippen MR) is 116 cm³/mol. The van der Waals surface area contributed by atoms with Crippen molar-refractivity contribution in [1.82, 2.24) is 10.2 Å². The lowest BCUT2D eigenvalue weighted by Crippen LogP contribution is -2.55. The fourth-order valence-electron chi connectivity index (χ4n) is 5.06. The van der Waals surface area contributed by atoms with Gasteiger partial charge in [0.25, 0.3) is 0 Å². The number of carbonyl (C=O) groups excluding carboxylic acids is 2. The standard InChI is InChI=1S/C24H34N2O5/c1-3-31-24(30)19(14-13-17-9-5-4-6-10-17)25-16(2)22(27)26-20-12-8-7-11-18(20)15-21(26)23(28)29/h4-6,9-10,16,18-21,25H,3,7-8,11-15H2,1-2H3,(H,28,29)/t16-,18-,19-,20+,21+/m1/s1. The molecule has 7 heteroatoms. The minimum absolute atomic E-state index is 0.0167. The Morgan fingerprint density at radius 2 is 1.90 bits per heavy atom. The third-order valence-electron chi connectivity index (χ3n) is 6.58. The summed E-state index contributed by atoms with van der Waals surface area (Å²) in [6, 6.07) is 7.75. The van der Waals surface area contributed by atoms with E-state index in [1.54, 1.807) is 18.7 Å². The summed E-state index contributed by atoms with van der Waals surface area (Å²) >= 11 is 0. The molecule has 31 heavy (non-hydrogen) atoms. The topological polar surface area (TPSA) is 95.9 Å². The summed E-state index contributed by atoms with van der Waals surface area (Å²) in [5, 5.41) is 12.9. The summed E-state index contributed by atoms with van der Waals surface area (Å²) in [6.45, 7) is 3.74. The zero-order chi connectivity index (χ0) is 22.4. The molecular weight excluding hydrogens is 396 g/mol. The highest BCUT2D eigenvalue weighted by Gasteiger charge is 2.48. The molecule has 1 saturated carbocycles. The van der Waals surface area contributed by atoms with E-state index < -0.39 is 24.1 Å². The van der Waals surface area contributed by atoms with Gasteiger partial charge in [-0.1, -0.05) is 43.2 Å². The van der Waals surface area contributed by atoms with Gasteiger partial charge in [0.2, 0.25) is 5.91 Å². The van der Waals surface area contributed by atoms with E-state index in [0.717, 1.165) is 31.2 Å². The van der Waals surface area contributed by atoms with E-state index in [0.29, 0.717) is 19.3 Å². The summed E-state index contributed by atoms with van der Waals surface area (Å²) in [5.41, 5.74) is 1.10. The Kier molecular flexibility index (Phi) is 8.07. The van der Waals surface area contributed by atoms with Crippen LogP contribution in [0.25, 0.3) is 0 Å². The zero-order valence-electron chi connectivity index (χ0n) is 18.5. The predicted octanol–water partition coefficient (Wildman–Crippen LogP) is 2.77. The Labute approximate surface area is 184 Å². The van der Waals surface area contributed by atoms with Crippen LogP contribution in [-0.2, 0) is 25.5 Å². The third kappa shape index (κ3) is 5.64. The van der Waals surface area contributed by atoms with Crippen LogP contribution in [0.15, 0.2) is 30.3 Å². The molecule has 0 radical (unpaired) electrons. The Balaban J connectivity index is 1.70. The summed E-state index contributed by atoms with van der Waals surface area (Å²) in [4.78, 5) is 39.3. The zero-order valence-corrected chi connectivity index (χ0v) is 18.5. The number of nitrogens with zero attached hydrogens (tertiary/aromatic N) is 1. The number of carboxylic acids is 1. The number of esters is 1. The van der Waals surface area contributed by atoms with Gasteiger partial charge in [-0.05, 0) is 57.4 Å². The quantitative estimate of drug-likeness (QED) is 0.585. The summed E-state index contributed by atoms with van der Waals surface area (Å²) < 4.78 is 5.22. The number of hydrogen-bond donors (Lipinski definition) is 2. The van der Waals surface area contributed by atoms with E-state index in [-0.39, 0.29) is 30.4 Å². The smallest absolute Gasteiger partial charge is 0.326 e. The largest absolute Gasteiger partial charge is 0.480 e. The van der Waals surface area contributed by atoms with Crippen molar-refractivity contribution in [2.24, 2.45) is 5.92 Å². The van der Waals surface area contributed by atoms with E-state index in [1.807, 2.05) is 30.3 Å². The first-order valence-corrected chi connectivity index (χ1v) is 11.4. The van der Waals surface area contributed by atoms with Crippen LogP contribution in [0.2, 0.25) is 0 Å². The number of aliphatic carboxylic acids is 1. The number of aryl methyl sites for hydroxylation is 1. The normalized spacial score (nSPS) is 24.8. The van der Waals surface area contributed by atoms with Gasteiger partial charge < -0.3 is 14.7 Å². The van der Waals surface area contributed by atoms with Crippen LogP contribution in [0.3, 0.4) is 0 Å². The molecular formula is C24H34N2O5. The second-order valence-electron chi connectivity index (χ2n) is 8.66. The van der Waals surface area contributed by atoms with Gasteiger partial charge in [-0.3, -0.25) is 14.9 Å². The van der Waals surface area contributed by atoms with E-state index in [4.69, 9.17) is 4.74 Å². The summed E-state index contributed by atoms with van der Waals surface area (Å²) in [6.07, 6.45) is 5.62. The van der Waals surface area contributed by atoms with Gasteiger partial charge in [0.15, 0.2) is 0 Å². The van der Waals surface area contributed by atoms with E-state index in [1.165, 1.54) is 0 Å². The molecule has 1 saturated heterocycles. The van der Waals surface area contributed by atoms with Crippen molar-refractivity contribution in [3.8, 4) is 0 Å². The third-order valence-corrected chi connectivity index (χ3v) is 6.58. The molecule has 1 aromatic rings. The maximum absolute atomic E-state index is 13.4. The molecule has 5 atom stereocenters. The van der Waals surface area contributed by atoms with Gasteiger partial charge in [-0.25, -0.2) is 4.79 Å². The second kappa shape index (κ2) is 10.8. The van der Waals surface area contributed by atoms with Crippen molar-refractivity contribution in [3.63, 3.8) is 0 Å². The van der Waals surface area contributed by atoms with Gasteiger partial charge in [-0.2, -0.15) is 0 Å². The number of benzene rings is 1. The monoisotopic (exact) mass is 430 g/mol. The fourth-order valence-corrected chi connectivity index (χ4v) is 5.06. The average Bonchev–Trinajstić information content (AvgIpc) is 3.16. The average molecular weight is 431 g/mol. The highest BCUT2D eigenvalue weighted by Crippen LogP contribution is 2.40. The first-order chi connectivity index (χ1) is 14.9. The molecule has 2 N–H and O–H groups in total. The van der Waals surface area contributed by atoms with Crippen LogP contribution in [0, 0.1) is 5.92 Å². The van der Waals surface area contributed by atoms with Crippen molar-refractivity contribution >= 4 is 17.8 Å². The molecule has 3 rings (SSSR count). The Morgan fingerprint density at radius 1 is 1.19 bits per heavy atom. The lowest BCUT2D eigenvalue weighted by atomic mass is 9.84. The van der Waals surface area contributed by atoms with Crippen LogP contribution in [0.4, 0.5) is 0 Å². The molecule has 2 fully saturated rings. The van der Waals surface area contributed by atoms with Crippen molar-refractivity contribution in [1.29, 1.82) is 0 Å². The number of hydrogen-bond acceptors (Lipinski definition) is 5. The molecule has 2 aliphatic rings. The molecule has 1 amide bonds. The van der Waals surface area contributed by atoms with Gasteiger partial charge in [-0.15, -0.1) is 0 Å².